The maximum atomic E-state index is 4.90. The first kappa shape index (κ1) is 24.4. The van der Waals surface area contributed by atoms with E-state index in [1.165, 1.54) is 39.3 Å². The van der Waals surface area contributed by atoms with Crippen molar-refractivity contribution in [1.29, 1.82) is 0 Å². The lowest BCUT2D eigenvalue weighted by atomic mass is 9.72. The Hall–Kier alpha value is -3.98. The summed E-state index contributed by atoms with van der Waals surface area (Å²) < 4.78 is 2.44. The highest BCUT2D eigenvalue weighted by Crippen LogP contribution is 2.50. The van der Waals surface area contributed by atoms with E-state index in [9.17, 15) is 0 Å². The number of benzene rings is 3. The molecule has 0 amide bonds. The molecule has 2 aliphatic heterocycles. The number of nitrogens with zero attached hydrogens (tertiary/aromatic N) is 3. The maximum absolute atomic E-state index is 4.90. The van der Waals surface area contributed by atoms with Crippen LogP contribution in [0, 0.1) is 0 Å². The van der Waals surface area contributed by atoms with E-state index in [1.54, 1.807) is 0 Å². The molecule has 0 fully saturated rings. The van der Waals surface area contributed by atoms with Crippen molar-refractivity contribution in [1.82, 2.24) is 4.98 Å². The first-order chi connectivity index (χ1) is 18.5. The van der Waals surface area contributed by atoms with E-state index in [0.717, 1.165) is 25.2 Å². The molecule has 3 heterocycles. The van der Waals surface area contributed by atoms with Crippen LogP contribution in [0.15, 0.2) is 115 Å². The molecule has 3 heteroatoms. The zero-order valence-corrected chi connectivity index (χ0v) is 22.9. The molecule has 0 aliphatic carbocycles. The minimum atomic E-state index is -0.197. The van der Waals surface area contributed by atoms with Gasteiger partial charge in [0.25, 0.3) is 0 Å². The van der Waals surface area contributed by atoms with E-state index in [2.05, 4.69) is 140 Å². The molecule has 3 nitrogen and oxygen atoms in total. The third-order valence-corrected chi connectivity index (χ3v) is 8.67. The van der Waals surface area contributed by atoms with Gasteiger partial charge in [-0.1, -0.05) is 78.9 Å². The van der Waals surface area contributed by atoms with Crippen LogP contribution in [0.5, 0.6) is 0 Å². The molecule has 4 aromatic rings. The van der Waals surface area contributed by atoms with Crippen LogP contribution in [-0.2, 0) is 23.7 Å². The van der Waals surface area contributed by atoms with Crippen molar-refractivity contribution < 1.29 is 4.58 Å². The van der Waals surface area contributed by atoms with E-state index in [-0.39, 0.29) is 10.8 Å². The first-order valence-corrected chi connectivity index (χ1v) is 13.7. The van der Waals surface area contributed by atoms with Gasteiger partial charge in [-0.25, -0.2) is 4.58 Å². The van der Waals surface area contributed by atoms with Crippen molar-refractivity contribution >= 4 is 17.2 Å². The summed E-state index contributed by atoms with van der Waals surface area (Å²) >= 11 is 0. The van der Waals surface area contributed by atoms with Crippen molar-refractivity contribution in [2.45, 2.75) is 44.4 Å². The summed E-state index contributed by atoms with van der Waals surface area (Å²) in [6, 6.07) is 35.1. The molecule has 2 atom stereocenters. The second-order valence-corrected chi connectivity index (χ2v) is 11.1. The van der Waals surface area contributed by atoms with Gasteiger partial charge in [0, 0.05) is 29.9 Å². The van der Waals surface area contributed by atoms with Crippen LogP contribution >= 0.6 is 0 Å². The van der Waals surface area contributed by atoms with Gasteiger partial charge in [-0.05, 0) is 73.5 Å². The van der Waals surface area contributed by atoms with Gasteiger partial charge in [0.2, 0.25) is 0 Å². The number of anilines is 1. The summed E-state index contributed by atoms with van der Waals surface area (Å²) in [4.78, 5) is 7.31. The second-order valence-electron chi connectivity index (χ2n) is 11.1. The Bertz CT molecular complexity index is 1540. The monoisotopic (exact) mass is 498 g/mol. The van der Waals surface area contributed by atoms with Gasteiger partial charge in [0.1, 0.15) is 11.9 Å². The lowest BCUT2D eigenvalue weighted by Gasteiger charge is -2.31. The summed E-state index contributed by atoms with van der Waals surface area (Å²) in [6.07, 6.45) is 6.30. The molecule has 0 saturated carbocycles. The summed E-state index contributed by atoms with van der Waals surface area (Å²) in [5.41, 5.74) is 8.99. The quantitative estimate of drug-likeness (QED) is 0.261. The molecule has 190 valence electrons. The van der Waals surface area contributed by atoms with E-state index in [1.807, 2.05) is 6.20 Å². The van der Waals surface area contributed by atoms with Crippen LogP contribution < -0.4 is 4.90 Å². The molecular weight excluding hydrogens is 462 g/mol. The Kier molecular flexibility index (Phi) is 6.03. The van der Waals surface area contributed by atoms with Gasteiger partial charge in [0.15, 0.2) is 0 Å². The van der Waals surface area contributed by atoms with Crippen molar-refractivity contribution in [3.63, 3.8) is 0 Å². The number of hydrogen-bond acceptors (Lipinski definition) is 2. The summed E-state index contributed by atoms with van der Waals surface area (Å²) in [5, 5.41) is 0. The number of allylic oxidation sites excluding steroid dienone is 2. The molecule has 2 unspecified atom stereocenters. The second kappa shape index (κ2) is 9.40. The minimum Gasteiger partial charge on any atom is -0.347 e. The number of para-hydroxylation sites is 1. The lowest BCUT2D eigenvalue weighted by molar-refractivity contribution is -0.437. The highest BCUT2D eigenvalue weighted by atomic mass is 15.2. The normalized spacial score (nSPS) is 23.2. The van der Waals surface area contributed by atoms with E-state index in [4.69, 9.17) is 4.98 Å². The molecule has 2 aliphatic rings. The Morgan fingerprint density at radius 2 is 1.32 bits per heavy atom. The molecule has 0 N–H and O–H groups in total. The SMILES string of the molecule is CC[N+]1=C(C=C2N(C)c3ccccc3C2(C)Cc2ccccc2)C(C)(Cc2ccccc2)c2cccnc21. The van der Waals surface area contributed by atoms with Crippen LogP contribution in [0.2, 0.25) is 0 Å². The Balaban J connectivity index is 1.55. The number of fused-ring (bicyclic) bond motifs is 2. The fourth-order valence-electron chi connectivity index (χ4n) is 6.79. The molecule has 0 saturated heterocycles. The van der Waals surface area contributed by atoms with Gasteiger partial charge in [-0.2, -0.15) is 0 Å². The third kappa shape index (κ3) is 3.80. The summed E-state index contributed by atoms with van der Waals surface area (Å²) in [6.45, 7) is 7.93. The molecule has 0 radical (unpaired) electrons. The van der Waals surface area contributed by atoms with Gasteiger partial charge in [0.05, 0.1) is 17.5 Å². The largest absolute Gasteiger partial charge is 0.347 e. The zero-order chi connectivity index (χ0) is 26.3. The van der Waals surface area contributed by atoms with Crippen LogP contribution in [0.4, 0.5) is 11.5 Å². The number of aromatic nitrogens is 1. The number of pyridine rings is 1. The fraction of sp³-hybridized carbons (Fsp3) is 0.257. The highest BCUT2D eigenvalue weighted by Gasteiger charge is 2.49. The van der Waals surface area contributed by atoms with Crippen LogP contribution in [0.25, 0.3) is 0 Å². The van der Waals surface area contributed by atoms with E-state index >= 15 is 0 Å². The van der Waals surface area contributed by atoms with Crippen LogP contribution in [0.1, 0.15) is 43.0 Å². The Morgan fingerprint density at radius 1 is 0.737 bits per heavy atom. The minimum absolute atomic E-state index is 0.158. The van der Waals surface area contributed by atoms with Crippen molar-refractivity contribution in [2.24, 2.45) is 0 Å². The Morgan fingerprint density at radius 3 is 1.97 bits per heavy atom. The van der Waals surface area contributed by atoms with Crippen LogP contribution in [0.3, 0.4) is 0 Å². The number of likely N-dealkylation sites (N-methyl/N-ethyl adjacent to an activating group) is 1. The Labute approximate surface area is 226 Å². The van der Waals surface area contributed by atoms with Crippen molar-refractivity contribution in [2.75, 3.05) is 18.5 Å². The van der Waals surface area contributed by atoms with E-state index in [0.29, 0.717) is 0 Å². The van der Waals surface area contributed by atoms with Crippen molar-refractivity contribution in [3.8, 4) is 0 Å². The molecule has 0 bridgehead atoms. The lowest BCUT2D eigenvalue weighted by Crippen LogP contribution is -2.37. The highest BCUT2D eigenvalue weighted by molar-refractivity contribution is 6.04. The standard InChI is InChI=1S/C35H36N3/c1-5-38-32(35(3,25-27-17-10-7-11-18-27)29-20-14-22-36-33(29)38)23-31-34(2,24-26-15-8-6-9-16-26)28-19-12-13-21-30(28)37(31)4/h6-23H,5,24-25H2,1-4H3/q+1. The zero-order valence-electron chi connectivity index (χ0n) is 22.9. The molecule has 3 aromatic carbocycles. The van der Waals surface area contributed by atoms with Crippen LogP contribution in [-0.4, -0.2) is 28.9 Å². The third-order valence-electron chi connectivity index (χ3n) is 8.67. The predicted molar refractivity (Wildman–Crippen MR) is 158 cm³/mol. The average Bonchev–Trinajstić information content (AvgIpc) is 3.30. The van der Waals surface area contributed by atoms with Gasteiger partial charge in [-0.3, -0.25) is 0 Å². The molecule has 1 aromatic heterocycles. The first-order valence-electron chi connectivity index (χ1n) is 13.7. The smallest absolute Gasteiger partial charge is 0.327 e. The van der Waals surface area contributed by atoms with Gasteiger partial charge in [-0.15, -0.1) is 0 Å². The van der Waals surface area contributed by atoms with Gasteiger partial charge < -0.3 is 4.90 Å². The number of hydrogen-bond donors (Lipinski definition) is 0. The number of rotatable bonds is 6. The molecule has 38 heavy (non-hydrogen) atoms. The average molecular weight is 499 g/mol. The topological polar surface area (TPSA) is 19.1 Å². The molecule has 6 rings (SSSR count). The van der Waals surface area contributed by atoms with E-state index < -0.39 is 0 Å². The fourth-order valence-corrected chi connectivity index (χ4v) is 6.79. The molecular formula is C35H36N3+. The van der Waals surface area contributed by atoms with Crippen molar-refractivity contribution in [3.05, 3.63) is 137 Å². The predicted octanol–water partition coefficient (Wildman–Crippen LogP) is 7.23. The maximum Gasteiger partial charge on any atom is 0.327 e. The molecule has 0 spiro atoms. The summed E-state index contributed by atoms with van der Waals surface area (Å²) in [7, 11) is 2.23. The van der Waals surface area contributed by atoms with Gasteiger partial charge >= 0.3 is 5.82 Å². The summed E-state index contributed by atoms with van der Waals surface area (Å²) in [5.74, 6) is 1.09.